The lowest BCUT2D eigenvalue weighted by Crippen LogP contribution is -2.18. The molecule has 0 unspecified atom stereocenters. The van der Waals surface area contributed by atoms with E-state index in [-0.39, 0.29) is 35.5 Å². The van der Waals surface area contributed by atoms with E-state index >= 15 is 0 Å². The van der Waals surface area contributed by atoms with Crippen LogP contribution in [-0.2, 0) is 14.3 Å². The first-order valence-electron chi connectivity index (χ1n) is 9.29. The summed E-state index contributed by atoms with van der Waals surface area (Å²) in [5.41, 5.74) is 0.570. The van der Waals surface area contributed by atoms with Crippen LogP contribution >= 0.6 is 11.6 Å². The van der Waals surface area contributed by atoms with Crippen molar-refractivity contribution in [1.82, 2.24) is 0 Å². The zero-order valence-electron chi connectivity index (χ0n) is 15.1. The van der Waals surface area contributed by atoms with E-state index in [2.05, 4.69) is 0 Å². The molecule has 2 atom stereocenters. The maximum absolute atomic E-state index is 12.3. The van der Waals surface area contributed by atoms with Gasteiger partial charge in [-0.3, -0.25) is 9.59 Å². The molecule has 150 valence electrons. The van der Waals surface area contributed by atoms with Crippen molar-refractivity contribution < 1.29 is 27.5 Å². The van der Waals surface area contributed by atoms with E-state index in [1.54, 1.807) is 12.2 Å². The molecule has 0 aromatic heterocycles. The van der Waals surface area contributed by atoms with Crippen LogP contribution in [0.3, 0.4) is 0 Å². The zero-order valence-corrected chi connectivity index (χ0v) is 15.8. The number of unbranched alkanes of at least 4 members (excludes halogenated alkanes) is 1. The van der Waals surface area contributed by atoms with Gasteiger partial charge in [-0.1, -0.05) is 35.9 Å². The van der Waals surface area contributed by atoms with E-state index in [9.17, 15) is 22.8 Å². The second kappa shape index (κ2) is 10.1. The third kappa shape index (κ3) is 7.53. The van der Waals surface area contributed by atoms with Crippen molar-refractivity contribution in [2.24, 2.45) is 5.92 Å². The summed E-state index contributed by atoms with van der Waals surface area (Å²) >= 11 is 5.98. The van der Waals surface area contributed by atoms with Crippen molar-refractivity contribution in [1.29, 1.82) is 0 Å². The van der Waals surface area contributed by atoms with E-state index in [1.165, 1.54) is 0 Å². The maximum Gasteiger partial charge on any atom is 0.389 e. The molecular weight excluding hydrogens is 381 g/mol. The molecule has 0 bridgehead atoms. The molecule has 2 rings (SSSR count). The fourth-order valence-corrected chi connectivity index (χ4v) is 3.50. The average molecular weight is 405 g/mol. The van der Waals surface area contributed by atoms with Gasteiger partial charge in [0.25, 0.3) is 0 Å². The quantitative estimate of drug-likeness (QED) is 0.338. The predicted molar refractivity (Wildman–Crippen MR) is 97.1 cm³/mol. The molecule has 0 saturated carbocycles. The molecule has 2 aliphatic rings. The van der Waals surface area contributed by atoms with Crippen molar-refractivity contribution >= 4 is 23.4 Å². The van der Waals surface area contributed by atoms with Crippen molar-refractivity contribution in [2.45, 2.75) is 70.1 Å². The number of hydrogen-bond donors (Lipinski definition) is 0. The highest BCUT2D eigenvalue weighted by atomic mass is 35.5. The van der Waals surface area contributed by atoms with Gasteiger partial charge in [0.2, 0.25) is 0 Å². The number of fused-ring (bicyclic) bond motifs is 1. The first-order chi connectivity index (χ1) is 12.8. The molecule has 1 heterocycles. The molecule has 0 aromatic rings. The highest BCUT2D eigenvalue weighted by molar-refractivity contribution is 6.46. The molecule has 1 aliphatic heterocycles. The summed E-state index contributed by atoms with van der Waals surface area (Å²) in [6.07, 6.45) is 5.09. The lowest BCUT2D eigenvalue weighted by molar-refractivity contribution is -0.150. The fourth-order valence-electron chi connectivity index (χ4n) is 3.24. The smallest absolute Gasteiger partial charge is 0.389 e. The summed E-state index contributed by atoms with van der Waals surface area (Å²) in [5, 5.41) is 0.186. The van der Waals surface area contributed by atoms with Gasteiger partial charge in [0.05, 0.1) is 5.03 Å². The molecule has 0 spiro atoms. The van der Waals surface area contributed by atoms with Crippen molar-refractivity contribution in [3.63, 3.8) is 0 Å². The molecule has 0 N–H and O–H groups in total. The Morgan fingerprint density at radius 1 is 1.15 bits per heavy atom. The number of alkyl halides is 3. The number of halogens is 4. The number of Topliss-reactive ketones (excluding diaryl/α,β-unsaturated/α-hetero) is 1. The van der Waals surface area contributed by atoms with Crippen LogP contribution in [0, 0.1) is 5.92 Å². The number of cyclic esters (lactones) is 1. The zero-order chi connectivity index (χ0) is 19.9. The Morgan fingerprint density at radius 2 is 1.93 bits per heavy atom. The van der Waals surface area contributed by atoms with Crippen LogP contribution in [0.25, 0.3) is 0 Å². The molecule has 0 amide bonds. The number of esters is 1. The maximum atomic E-state index is 12.3. The number of ketones is 1. The summed E-state index contributed by atoms with van der Waals surface area (Å²) in [5.74, 6) is -0.692. The van der Waals surface area contributed by atoms with Crippen LogP contribution in [-0.4, -0.2) is 24.0 Å². The topological polar surface area (TPSA) is 43.4 Å². The minimum absolute atomic E-state index is 0.00696. The van der Waals surface area contributed by atoms with Crippen LogP contribution < -0.4 is 0 Å². The molecule has 3 nitrogen and oxygen atoms in total. The Bertz CT molecular complexity index is 635. The Kier molecular flexibility index (Phi) is 8.14. The highest BCUT2D eigenvalue weighted by Crippen LogP contribution is 2.33. The van der Waals surface area contributed by atoms with Crippen LogP contribution in [0.15, 0.2) is 34.9 Å². The first kappa shape index (κ1) is 21.7. The van der Waals surface area contributed by atoms with Crippen molar-refractivity contribution in [2.75, 3.05) is 0 Å². The number of ether oxygens (including phenoxy) is 1. The number of carbonyl (C=O) groups excluding carboxylic acids is 2. The van der Waals surface area contributed by atoms with E-state index in [0.29, 0.717) is 37.7 Å². The number of allylic oxidation sites excluding steroid dienone is 5. The van der Waals surface area contributed by atoms with Gasteiger partial charge in [-0.05, 0) is 38.5 Å². The van der Waals surface area contributed by atoms with Gasteiger partial charge < -0.3 is 4.74 Å². The number of carbonyl (C=O) groups is 2. The van der Waals surface area contributed by atoms with Gasteiger partial charge in [0.15, 0.2) is 5.78 Å². The Balaban J connectivity index is 2.05. The fraction of sp³-hybridized carbons (Fsp3) is 0.600. The standard InChI is InChI=1S/C20H24ClF3O3/c21-17-13-14-7-3-1-2-4-9-18(25)27-15(10-11-16(14)19(17)26)8-5-6-12-20(22,23)24/h1,3,11,13-15H,2,4-10,12H2/b3-1-,16-11+/t14-,15-/m0/s1. The summed E-state index contributed by atoms with van der Waals surface area (Å²) in [6, 6.07) is 0. The number of hydrogen-bond acceptors (Lipinski definition) is 3. The first-order valence-corrected chi connectivity index (χ1v) is 9.67. The molecule has 0 aromatic carbocycles. The summed E-state index contributed by atoms with van der Waals surface area (Å²) < 4.78 is 42.3. The minimum atomic E-state index is -4.18. The normalized spacial score (nSPS) is 28.0. The Labute approximate surface area is 162 Å². The molecule has 0 saturated heterocycles. The molecular formula is C20H24ClF3O3. The second-order valence-electron chi connectivity index (χ2n) is 6.92. The van der Waals surface area contributed by atoms with Crippen LogP contribution in [0.1, 0.15) is 57.8 Å². The highest BCUT2D eigenvalue weighted by Gasteiger charge is 2.29. The molecule has 27 heavy (non-hydrogen) atoms. The van der Waals surface area contributed by atoms with E-state index in [4.69, 9.17) is 16.3 Å². The molecule has 7 heteroatoms. The van der Waals surface area contributed by atoms with Gasteiger partial charge >= 0.3 is 12.1 Å². The molecule has 1 aliphatic carbocycles. The van der Waals surface area contributed by atoms with Gasteiger partial charge in [-0.25, -0.2) is 0 Å². The number of rotatable bonds is 4. The van der Waals surface area contributed by atoms with Gasteiger partial charge in [-0.15, -0.1) is 0 Å². The lowest BCUT2D eigenvalue weighted by atomic mass is 9.95. The van der Waals surface area contributed by atoms with Crippen LogP contribution in [0.5, 0.6) is 0 Å². The summed E-state index contributed by atoms with van der Waals surface area (Å²) in [6.45, 7) is 0. The van der Waals surface area contributed by atoms with Gasteiger partial charge in [-0.2, -0.15) is 13.2 Å². The molecule has 0 fully saturated rings. The third-order valence-corrected chi connectivity index (χ3v) is 4.97. The van der Waals surface area contributed by atoms with Crippen molar-refractivity contribution in [3.05, 3.63) is 34.9 Å². The van der Waals surface area contributed by atoms with E-state index in [1.807, 2.05) is 12.2 Å². The van der Waals surface area contributed by atoms with Gasteiger partial charge in [0.1, 0.15) is 6.10 Å². The SMILES string of the molecule is O=C1CCC/C=C\C[C@H]2C=C(Cl)C(=O)/C2=C/C[C@H](CCCCC(F)(F)F)O1. The van der Waals surface area contributed by atoms with Crippen LogP contribution in [0.4, 0.5) is 13.2 Å². The molecule has 0 radical (unpaired) electrons. The third-order valence-electron chi connectivity index (χ3n) is 4.67. The summed E-state index contributed by atoms with van der Waals surface area (Å²) in [4.78, 5) is 24.2. The minimum Gasteiger partial charge on any atom is -0.462 e. The Morgan fingerprint density at radius 3 is 2.67 bits per heavy atom. The predicted octanol–water partition coefficient (Wildman–Crippen LogP) is 5.79. The van der Waals surface area contributed by atoms with Crippen LogP contribution in [0.2, 0.25) is 0 Å². The monoisotopic (exact) mass is 404 g/mol. The van der Waals surface area contributed by atoms with E-state index in [0.717, 1.165) is 6.42 Å². The summed E-state index contributed by atoms with van der Waals surface area (Å²) in [7, 11) is 0. The van der Waals surface area contributed by atoms with Crippen molar-refractivity contribution in [3.8, 4) is 0 Å². The van der Waals surface area contributed by atoms with Gasteiger partial charge in [0, 0.05) is 30.8 Å². The average Bonchev–Trinajstić information content (AvgIpc) is 2.85. The lowest BCUT2D eigenvalue weighted by Gasteiger charge is -2.17. The van der Waals surface area contributed by atoms with E-state index < -0.39 is 18.7 Å². The second-order valence-corrected chi connectivity index (χ2v) is 7.32. The Hall–Kier alpha value is -1.56. The largest absolute Gasteiger partial charge is 0.462 e.